The molecule has 0 aromatic rings. The number of carbonyl (C=O) groups is 1. The van der Waals surface area contributed by atoms with Gasteiger partial charge in [-0.2, -0.15) is 5.26 Å². The van der Waals surface area contributed by atoms with E-state index in [4.69, 9.17) is 15.7 Å². The molecule has 15 heavy (non-hydrogen) atoms. The van der Waals surface area contributed by atoms with Crippen LogP contribution in [-0.4, -0.2) is 43.2 Å². The molecular weight excluding hydrogens is 194 g/mol. The Kier molecular flexibility index (Phi) is 5.08. The summed E-state index contributed by atoms with van der Waals surface area (Å²) in [5, 5.41) is 8.68. The lowest BCUT2D eigenvalue weighted by Gasteiger charge is -2.29. The van der Waals surface area contributed by atoms with Crippen molar-refractivity contribution in [1.82, 2.24) is 4.90 Å². The zero-order chi connectivity index (χ0) is 11.1. The largest absolute Gasteiger partial charge is 0.360 e. The minimum absolute atomic E-state index is 0.104. The summed E-state index contributed by atoms with van der Waals surface area (Å²) in [5.41, 5.74) is 5.35. The molecule has 0 spiro atoms. The lowest BCUT2D eigenvalue weighted by atomic mass is 10.2. The Hall–Kier alpha value is -1.12. The molecule has 84 valence electrons. The summed E-state index contributed by atoms with van der Waals surface area (Å²) < 4.78 is 5.16. The molecule has 2 N–H and O–H groups in total. The number of nitriles is 1. The first-order chi connectivity index (χ1) is 7.27. The van der Waals surface area contributed by atoms with Gasteiger partial charge in [-0.25, -0.2) is 0 Å². The van der Waals surface area contributed by atoms with Gasteiger partial charge in [-0.05, 0) is 19.4 Å². The molecule has 1 heterocycles. The molecule has 5 heteroatoms. The van der Waals surface area contributed by atoms with Gasteiger partial charge in [0.15, 0.2) is 6.10 Å². The van der Waals surface area contributed by atoms with Gasteiger partial charge in [0.2, 0.25) is 5.91 Å². The fourth-order valence-corrected chi connectivity index (χ4v) is 1.53. The summed E-state index contributed by atoms with van der Waals surface area (Å²) in [7, 11) is 0. The average Bonchev–Trinajstić information content (AvgIpc) is 2.29. The van der Waals surface area contributed by atoms with Crippen LogP contribution in [-0.2, 0) is 9.53 Å². The molecule has 0 saturated carbocycles. The topological polar surface area (TPSA) is 79.4 Å². The molecule has 0 bridgehead atoms. The first kappa shape index (κ1) is 12.0. The first-order valence-corrected chi connectivity index (χ1v) is 5.27. The average molecular weight is 211 g/mol. The second kappa shape index (κ2) is 6.38. The molecular formula is C10H17N3O2. The van der Waals surface area contributed by atoms with E-state index in [0.29, 0.717) is 32.7 Å². The summed E-state index contributed by atoms with van der Waals surface area (Å²) in [5.74, 6) is 0.104. The normalized spacial score (nSPS) is 21.1. The number of carbonyl (C=O) groups excluding carboxylic acids is 1. The van der Waals surface area contributed by atoms with Crippen LogP contribution in [0.15, 0.2) is 0 Å². The number of ether oxygens (including phenoxy) is 1. The Labute approximate surface area is 89.8 Å². The maximum Gasteiger partial charge on any atom is 0.222 e. The van der Waals surface area contributed by atoms with Crippen LogP contribution >= 0.6 is 0 Å². The lowest BCUT2D eigenvalue weighted by molar-refractivity contribution is -0.137. The van der Waals surface area contributed by atoms with Gasteiger partial charge in [0.25, 0.3) is 0 Å². The van der Waals surface area contributed by atoms with Crippen molar-refractivity contribution in [2.24, 2.45) is 5.73 Å². The molecule has 1 aliphatic rings. The van der Waals surface area contributed by atoms with Crippen LogP contribution in [0, 0.1) is 11.3 Å². The Balaban J connectivity index is 2.29. The highest BCUT2D eigenvalue weighted by molar-refractivity contribution is 5.76. The Bertz CT molecular complexity index is 250. The fourth-order valence-electron chi connectivity index (χ4n) is 1.53. The third-order valence-electron chi connectivity index (χ3n) is 2.41. The van der Waals surface area contributed by atoms with Crippen molar-refractivity contribution in [3.8, 4) is 6.07 Å². The number of hydrogen-bond donors (Lipinski definition) is 1. The highest BCUT2D eigenvalue weighted by atomic mass is 16.5. The first-order valence-electron chi connectivity index (χ1n) is 5.27. The molecule has 0 radical (unpaired) electrons. The monoisotopic (exact) mass is 211 g/mol. The van der Waals surface area contributed by atoms with Gasteiger partial charge in [-0.1, -0.05) is 0 Å². The van der Waals surface area contributed by atoms with Gasteiger partial charge >= 0.3 is 0 Å². The number of hydrogen-bond acceptors (Lipinski definition) is 4. The van der Waals surface area contributed by atoms with Crippen LogP contribution < -0.4 is 5.73 Å². The van der Waals surface area contributed by atoms with Crippen molar-refractivity contribution in [1.29, 1.82) is 5.26 Å². The van der Waals surface area contributed by atoms with Gasteiger partial charge in [0.05, 0.1) is 19.2 Å². The van der Waals surface area contributed by atoms with E-state index in [9.17, 15) is 4.79 Å². The van der Waals surface area contributed by atoms with Crippen LogP contribution in [0.25, 0.3) is 0 Å². The van der Waals surface area contributed by atoms with Gasteiger partial charge in [0.1, 0.15) is 0 Å². The Morgan fingerprint density at radius 1 is 1.60 bits per heavy atom. The van der Waals surface area contributed by atoms with Gasteiger partial charge in [-0.15, -0.1) is 0 Å². The van der Waals surface area contributed by atoms with E-state index in [1.54, 1.807) is 4.90 Å². The van der Waals surface area contributed by atoms with Crippen molar-refractivity contribution in [2.75, 3.05) is 26.2 Å². The van der Waals surface area contributed by atoms with Gasteiger partial charge in [0, 0.05) is 13.0 Å². The molecule has 1 rings (SSSR count). The summed E-state index contributed by atoms with van der Waals surface area (Å²) in [6, 6.07) is 2.02. The third kappa shape index (κ3) is 3.86. The molecule has 1 fully saturated rings. The minimum atomic E-state index is -0.461. The zero-order valence-electron chi connectivity index (χ0n) is 8.82. The van der Waals surface area contributed by atoms with Crippen molar-refractivity contribution in [3.63, 3.8) is 0 Å². The minimum Gasteiger partial charge on any atom is -0.360 e. The van der Waals surface area contributed by atoms with E-state index in [1.807, 2.05) is 6.07 Å². The van der Waals surface area contributed by atoms with Crippen LogP contribution in [0.5, 0.6) is 0 Å². The van der Waals surface area contributed by atoms with Crippen LogP contribution in [0.1, 0.15) is 19.3 Å². The number of morpholine rings is 1. The molecule has 0 aromatic carbocycles. The summed E-state index contributed by atoms with van der Waals surface area (Å²) in [6.45, 7) is 2.08. The van der Waals surface area contributed by atoms with Gasteiger partial charge in [-0.3, -0.25) is 4.79 Å². The predicted molar refractivity (Wildman–Crippen MR) is 54.8 cm³/mol. The van der Waals surface area contributed by atoms with E-state index >= 15 is 0 Å². The fraction of sp³-hybridized carbons (Fsp3) is 0.800. The van der Waals surface area contributed by atoms with E-state index in [-0.39, 0.29) is 5.91 Å². The third-order valence-corrected chi connectivity index (χ3v) is 2.41. The smallest absolute Gasteiger partial charge is 0.222 e. The zero-order valence-corrected chi connectivity index (χ0v) is 8.82. The van der Waals surface area contributed by atoms with Crippen molar-refractivity contribution in [3.05, 3.63) is 0 Å². The standard InChI is InChI=1S/C10H17N3O2/c11-4-2-1-3-10(14)13-5-6-15-9(7-12)8-13/h9H,1-6,8,11H2. The number of nitrogens with two attached hydrogens (primary N) is 1. The van der Waals surface area contributed by atoms with E-state index < -0.39 is 6.10 Å². The number of unbranched alkanes of at least 4 members (excludes halogenated alkanes) is 1. The van der Waals surface area contributed by atoms with E-state index in [2.05, 4.69) is 0 Å². The molecule has 1 atom stereocenters. The lowest BCUT2D eigenvalue weighted by Crippen LogP contribution is -2.45. The van der Waals surface area contributed by atoms with Crippen molar-refractivity contribution in [2.45, 2.75) is 25.4 Å². The molecule has 1 saturated heterocycles. The Morgan fingerprint density at radius 2 is 2.40 bits per heavy atom. The number of amides is 1. The summed E-state index contributed by atoms with van der Waals surface area (Å²) >= 11 is 0. The summed E-state index contributed by atoms with van der Waals surface area (Å²) in [6.07, 6.45) is 1.76. The SMILES string of the molecule is N#CC1CN(C(=O)CCCCN)CCO1. The van der Waals surface area contributed by atoms with Crippen LogP contribution in [0.4, 0.5) is 0 Å². The Morgan fingerprint density at radius 3 is 3.07 bits per heavy atom. The van der Waals surface area contributed by atoms with Crippen molar-refractivity contribution >= 4 is 5.91 Å². The molecule has 1 aliphatic heterocycles. The van der Waals surface area contributed by atoms with Crippen molar-refractivity contribution < 1.29 is 9.53 Å². The quantitative estimate of drug-likeness (QED) is 0.657. The van der Waals surface area contributed by atoms with Gasteiger partial charge < -0.3 is 15.4 Å². The molecule has 5 nitrogen and oxygen atoms in total. The highest BCUT2D eigenvalue weighted by Crippen LogP contribution is 2.07. The van der Waals surface area contributed by atoms with E-state index in [0.717, 1.165) is 12.8 Å². The number of nitrogens with zero attached hydrogens (tertiary/aromatic N) is 2. The molecule has 0 aromatic heterocycles. The molecule has 1 unspecified atom stereocenters. The maximum atomic E-state index is 11.7. The molecule has 1 amide bonds. The highest BCUT2D eigenvalue weighted by Gasteiger charge is 2.23. The van der Waals surface area contributed by atoms with E-state index in [1.165, 1.54) is 0 Å². The second-order valence-corrected chi connectivity index (χ2v) is 3.57. The predicted octanol–water partition coefficient (Wildman–Crippen LogP) is -0.134. The van der Waals surface area contributed by atoms with Crippen LogP contribution in [0.2, 0.25) is 0 Å². The van der Waals surface area contributed by atoms with Crippen LogP contribution in [0.3, 0.4) is 0 Å². The molecule has 0 aliphatic carbocycles. The second-order valence-electron chi connectivity index (χ2n) is 3.57. The maximum absolute atomic E-state index is 11.7. The number of rotatable bonds is 4. The summed E-state index contributed by atoms with van der Waals surface area (Å²) in [4.78, 5) is 13.4.